The summed E-state index contributed by atoms with van der Waals surface area (Å²) in [5.74, 6) is -0.731. The van der Waals surface area contributed by atoms with E-state index in [9.17, 15) is 25.1 Å². The summed E-state index contributed by atoms with van der Waals surface area (Å²) in [5.41, 5.74) is 6.19. The van der Waals surface area contributed by atoms with Gasteiger partial charge in [-0.25, -0.2) is 0 Å². The number of hydrogen-bond acceptors (Lipinski definition) is 7. The molecular weight excluding hydrogens is 444 g/mol. The lowest BCUT2D eigenvalue weighted by Crippen LogP contribution is -2.24. The van der Waals surface area contributed by atoms with E-state index in [0.29, 0.717) is 37.7 Å². The Kier molecular flexibility index (Phi) is 9.13. The fraction of sp³-hybridized carbons (Fsp3) is 0.500. The molecular formula is C28H34N2O5. The van der Waals surface area contributed by atoms with Gasteiger partial charge in [-0.05, 0) is 86.3 Å². The highest BCUT2D eigenvalue weighted by Crippen LogP contribution is 2.35. The number of aliphatic hydroxyl groups excluding tert-OH is 2. The first kappa shape index (κ1) is 26.5. The number of carbonyl (C=O) groups excluding carboxylic acids is 2. The fourth-order valence-electron chi connectivity index (χ4n) is 5.23. The second-order valence-corrected chi connectivity index (χ2v) is 9.40. The van der Waals surface area contributed by atoms with Gasteiger partial charge in [0.1, 0.15) is 5.78 Å². The van der Waals surface area contributed by atoms with Crippen LogP contribution < -0.4 is 0 Å². The molecule has 1 aliphatic carbocycles. The molecule has 2 N–H and O–H groups in total. The molecule has 0 spiro atoms. The van der Waals surface area contributed by atoms with Gasteiger partial charge >= 0.3 is 5.97 Å². The first-order valence-corrected chi connectivity index (χ1v) is 12.1. The van der Waals surface area contributed by atoms with Crippen molar-refractivity contribution in [1.82, 2.24) is 4.98 Å². The second kappa shape index (κ2) is 12.1. The van der Waals surface area contributed by atoms with Crippen LogP contribution in [0.2, 0.25) is 0 Å². The van der Waals surface area contributed by atoms with Gasteiger partial charge in [0.15, 0.2) is 0 Å². The maximum absolute atomic E-state index is 12.8. The molecule has 7 nitrogen and oxygen atoms in total. The third-order valence-corrected chi connectivity index (χ3v) is 7.10. The van der Waals surface area contributed by atoms with Gasteiger partial charge in [0.2, 0.25) is 0 Å². The van der Waals surface area contributed by atoms with Gasteiger partial charge in [0.05, 0.1) is 24.8 Å². The Morgan fingerprint density at radius 3 is 2.66 bits per heavy atom. The van der Waals surface area contributed by atoms with Crippen LogP contribution in [0.3, 0.4) is 0 Å². The zero-order chi connectivity index (χ0) is 25.5. The monoisotopic (exact) mass is 478 g/mol. The van der Waals surface area contributed by atoms with Crippen LogP contribution in [0.15, 0.2) is 24.3 Å². The van der Waals surface area contributed by atoms with Gasteiger partial charge in [0.25, 0.3) is 0 Å². The number of esters is 1. The van der Waals surface area contributed by atoms with Crippen molar-refractivity contribution in [1.29, 1.82) is 5.26 Å². The molecule has 1 aromatic heterocycles. The van der Waals surface area contributed by atoms with Gasteiger partial charge in [-0.2, -0.15) is 5.26 Å². The zero-order valence-electron chi connectivity index (χ0n) is 20.7. The number of aromatic nitrogens is 1. The summed E-state index contributed by atoms with van der Waals surface area (Å²) in [4.78, 5) is 29.0. The molecule has 3 rings (SSSR count). The number of nitriles is 1. The number of ether oxygens (including phenoxy) is 1. The SMILES string of the molecule is COC(=O)CCc1cc(C[C@H]2C(O)CC(=O)[C@@H]2CCc2cc(C)c(CCO)c(C)n2)ccc1C#N. The van der Waals surface area contributed by atoms with Crippen LogP contribution in [-0.4, -0.2) is 46.8 Å². The lowest BCUT2D eigenvalue weighted by molar-refractivity contribution is -0.140. The summed E-state index contributed by atoms with van der Waals surface area (Å²) in [6.45, 7) is 4.04. The van der Waals surface area contributed by atoms with Gasteiger partial charge in [-0.15, -0.1) is 0 Å². The van der Waals surface area contributed by atoms with Crippen molar-refractivity contribution in [2.75, 3.05) is 13.7 Å². The molecule has 1 fully saturated rings. The number of pyridine rings is 1. The number of aliphatic hydroxyl groups is 2. The van der Waals surface area contributed by atoms with Crippen LogP contribution in [-0.2, 0) is 40.0 Å². The zero-order valence-corrected chi connectivity index (χ0v) is 20.7. The maximum Gasteiger partial charge on any atom is 0.305 e. The summed E-state index contributed by atoms with van der Waals surface area (Å²) >= 11 is 0. The van der Waals surface area contributed by atoms with E-state index in [4.69, 9.17) is 4.74 Å². The molecule has 3 atom stereocenters. The number of hydrogen-bond donors (Lipinski definition) is 2. The van der Waals surface area contributed by atoms with E-state index in [1.54, 1.807) is 6.07 Å². The molecule has 0 amide bonds. The summed E-state index contributed by atoms with van der Waals surface area (Å²) in [5, 5.41) is 29.4. The first-order valence-electron chi connectivity index (χ1n) is 12.1. The highest BCUT2D eigenvalue weighted by Gasteiger charge is 2.41. The van der Waals surface area contributed by atoms with Crippen LogP contribution in [0, 0.1) is 37.0 Å². The Labute approximate surface area is 206 Å². The number of rotatable bonds is 10. The molecule has 0 saturated heterocycles. The Morgan fingerprint density at radius 1 is 1.23 bits per heavy atom. The van der Waals surface area contributed by atoms with Crippen molar-refractivity contribution >= 4 is 11.8 Å². The molecule has 35 heavy (non-hydrogen) atoms. The Bertz CT molecular complexity index is 1100. The number of methoxy groups -OCH3 is 1. The van der Waals surface area contributed by atoms with E-state index < -0.39 is 6.10 Å². The molecule has 186 valence electrons. The lowest BCUT2D eigenvalue weighted by Gasteiger charge is -2.22. The Balaban J connectivity index is 1.74. The fourth-order valence-corrected chi connectivity index (χ4v) is 5.23. The standard InChI is InChI=1S/C28H34N2O5/c1-17-12-22(30-18(2)23(17)10-11-31)7-8-24-25(27(33)15-26(24)32)14-19-4-5-21(16-29)20(13-19)6-9-28(34)35-3/h4-5,12-13,24-25,27,31,33H,6-11,14-15H2,1-3H3/t24-,25-,27?/m1/s1. The molecule has 0 aliphatic heterocycles. The van der Waals surface area contributed by atoms with Crippen molar-refractivity contribution in [3.8, 4) is 6.07 Å². The largest absolute Gasteiger partial charge is 0.469 e. The van der Waals surface area contributed by atoms with Crippen LogP contribution in [0.1, 0.15) is 58.5 Å². The third-order valence-electron chi connectivity index (χ3n) is 7.10. The molecule has 7 heteroatoms. The number of benzene rings is 1. The highest BCUT2D eigenvalue weighted by atomic mass is 16.5. The van der Waals surface area contributed by atoms with Crippen molar-refractivity contribution in [2.45, 2.75) is 64.9 Å². The van der Waals surface area contributed by atoms with Crippen molar-refractivity contribution in [3.05, 3.63) is 63.5 Å². The molecule has 2 aromatic rings. The molecule has 1 unspecified atom stereocenters. The number of ketones is 1. The molecule has 0 bridgehead atoms. The summed E-state index contributed by atoms with van der Waals surface area (Å²) in [6, 6.07) is 9.70. The Hall–Kier alpha value is -3.08. The average molecular weight is 479 g/mol. The first-order chi connectivity index (χ1) is 16.8. The number of nitrogens with zero attached hydrogens (tertiary/aromatic N) is 2. The van der Waals surface area contributed by atoms with Crippen molar-refractivity contribution in [3.63, 3.8) is 0 Å². The van der Waals surface area contributed by atoms with E-state index in [1.807, 2.05) is 32.0 Å². The van der Waals surface area contributed by atoms with Crippen LogP contribution in [0.25, 0.3) is 0 Å². The van der Waals surface area contributed by atoms with Crippen molar-refractivity contribution in [2.24, 2.45) is 11.8 Å². The normalized spacial score (nSPS) is 19.5. The molecule has 1 aliphatic rings. The predicted octanol–water partition coefficient (Wildman–Crippen LogP) is 2.95. The van der Waals surface area contributed by atoms with E-state index in [-0.39, 0.29) is 43.0 Å². The molecule has 1 saturated carbocycles. The number of Topliss-reactive ketones (excluding diaryl/α,β-unsaturated/α-hetero) is 1. The minimum absolute atomic E-state index is 0.0763. The number of aryl methyl sites for hydroxylation is 4. The van der Waals surface area contributed by atoms with Gasteiger partial charge in [-0.1, -0.05) is 12.1 Å². The smallest absolute Gasteiger partial charge is 0.305 e. The summed E-state index contributed by atoms with van der Waals surface area (Å²) in [7, 11) is 1.34. The van der Waals surface area contributed by atoms with Crippen molar-refractivity contribution < 1.29 is 24.5 Å². The quantitative estimate of drug-likeness (QED) is 0.504. The minimum atomic E-state index is -0.704. The number of carbonyl (C=O) groups is 2. The third kappa shape index (κ3) is 6.53. The van der Waals surface area contributed by atoms with E-state index >= 15 is 0 Å². The lowest BCUT2D eigenvalue weighted by atomic mass is 9.84. The van der Waals surface area contributed by atoms with Gasteiger partial charge in [-0.3, -0.25) is 14.6 Å². The second-order valence-electron chi connectivity index (χ2n) is 9.40. The van der Waals surface area contributed by atoms with E-state index in [2.05, 4.69) is 11.1 Å². The van der Waals surface area contributed by atoms with Gasteiger partial charge in [0, 0.05) is 36.8 Å². The average Bonchev–Trinajstić information content (AvgIpc) is 3.10. The Morgan fingerprint density at radius 2 is 2.00 bits per heavy atom. The summed E-state index contributed by atoms with van der Waals surface area (Å²) in [6.07, 6.45) is 2.38. The van der Waals surface area contributed by atoms with E-state index in [0.717, 1.165) is 33.6 Å². The van der Waals surface area contributed by atoms with Gasteiger partial charge < -0.3 is 14.9 Å². The van der Waals surface area contributed by atoms with Crippen LogP contribution >= 0.6 is 0 Å². The summed E-state index contributed by atoms with van der Waals surface area (Å²) < 4.78 is 4.71. The van der Waals surface area contributed by atoms with Crippen LogP contribution in [0.4, 0.5) is 0 Å². The predicted molar refractivity (Wildman–Crippen MR) is 131 cm³/mol. The van der Waals surface area contributed by atoms with Crippen LogP contribution in [0.5, 0.6) is 0 Å². The molecule has 1 heterocycles. The highest BCUT2D eigenvalue weighted by molar-refractivity contribution is 5.84. The maximum atomic E-state index is 12.8. The molecule has 0 radical (unpaired) electrons. The van der Waals surface area contributed by atoms with E-state index in [1.165, 1.54) is 7.11 Å². The molecule has 1 aromatic carbocycles. The minimum Gasteiger partial charge on any atom is -0.469 e. The topological polar surface area (TPSA) is 121 Å².